The maximum atomic E-state index is 14.2. The first-order chi connectivity index (χ1) is 19.3. The van der Waals surface area contributed by atoms with Crippen LogP contribution in [0.2, 0.25) is 0 Å². The van der Waals surface area contributed by atoms with Gasteiger partial charge in [-0.05, 0) is 128 Å². The third-order valence-electron chi connectivity index (χ3n) is 14.9. The van der Waals surface area contributed by atoms with Crippen LogP contribution in [-0.2, 0) is 20.9 Å². The number of ether oxygens (including phenoxy) is 2. The van der Waals surface area contributed by atoms with Gasteiger partial charge in [-0.3, -0.25) is 4.79 Å². The van der Waals surface area contributed by atoms with Gasteiger partial charge in [-0.2, -0.15) is 0 Å². The summed E-state index contributed by atoms with van der Waals surface area (Å²) in [7, 11) is 1.92. The summed E-state index contributed by atoms with van der Waals surface area (Å²) >= 11 is 0. The predicted molar refractivity (Wildman–Crippen MR) is 166 cm³/mol. The lowest BCUT2D eigenvalue weighted by Gasteiger charge is -2.72. The van der Waals surface area contributed by atoms with Gasteiger partial charge in [-0.25, -0.2) is 0 Å². The molecule has 226 valence electrons. The normalized spacial score (nSPS) is 46.4. The van der Waals surface area contributed by atoms with Gasteiger partial charge >= 0.3 is 5.97 Å². The molecule has 6 rings (SSSR count). The first kappa shape index (κ1) is 29.5. The Hall–Kier alpha value is -1.61. The van der Waals surface area contributed by atoms with Crippen molar-refractivity contribution in [2.75, 3.05) is 7.11 Å². The highest BCUT2D eigenvalue weighted by Gasteiger charge is 2.72. The number of fused-ring (bicyclic) bond motifs is 7. The van der Waals surface area contributed by atoms with Crippen LogP contribution in [0.3, 0.4) is 0 Å². The fourth-order valence-corrected chi connectivity index (χ4v) is 12.8. The van der Waals surface area contributed by atoms with Crippen LogP contribution in [0.4, 0.5) is 0 Å². The molecule has 5 saturated carbocycles. The van der Waals surface area contributed by atoms with Crippen LogP contribution in [0.5, 0.6) is 0 Å². The van der Waals surface area contributed by atoms with E-state index in [1.807, 2.05) is 25.3 Å². The second-order valence-corrected chi connectivity index (χ2v) is 16.5. The summed E-state index contributed by atoms with van der Waals surface area (Å²) in [6.45, 7) is 20.1. The minimum Gasteiger partial charge on any atom is -0.460 e. The lowest BCUT2D eigenvalue weighted by molar-refractivity contribution is -0.250. The Bertz CT molecular complexity index is 1170. The predicted octanol–water partition coefficient (Wildman–Crippen LogP) is 9.40. The van der Waals surface area contributed by atoms with Crippen molar-refractivity contribution >= 4 is 5.97 Å². The monoisotopic (exact) mass is 560 g/mol. The Labute approximate surface area is 250 Å². The molecule has 0 radical (unpaired) electrons. The van der Waals surface area contributed by atoms with E-state index >= 15 is 0 Å². The number of carbonyl (C=O) groups is 1. The van der Waals surface area contributed by atoms with Gasteiger partial charge in [-0.15, -0.1) is 0 Å². The topological polar surface area (TPSA) is 35.5 Å². The van der Waals surface area contributed by atoms with Crippen LogP contribution in [0.25, 0.3) is 0 Å². The molecular weight excluding hydrogens is 504 g/mol. The average molecular weight is 561 g/mol. The lowest BCUT2D eigenvalue weighted by Crippen LogP contribution is -2.67. The van der Waals surface area contributed by atoms with E-state index in [0.29, 0.717) is 47.2 Å². The van der Waals surface area contributed by atoms with Crippen LogP contribution in [0, 0.1) is 56.7 Å². The van der Waals surface area contributed by atoms with E-state index < -0.39 is 0 Å². The van der Waals surface area contributed by atoms with E-state index in [-0.39, 0.29) is 22.2 Å². The molecule has 0 aliphatic heterocycles. The third kappa shape index (κ3) is 4.02. The molecule has 0 amide bonds. The second-order valence-electron chi connectivity index (χ2n) is 16.5. The van der Waals surface area contributed by atoms with Crippen molar-refractivity contribution in [2.45, 2.75) is 118 Å². The van der Waals surface area contributed by atoms with Gasteiger partial charge in [0.15, 0.2) is 0 Å². The van der Waals surface area contributed by atoms with Crippen molar-refractivity contribution in [1.29, 1.82) is 0 Å². The van der Waals surface area contributed by atoms with E-state index in [0.717, 1.165) is 37.2 Å². The molecule has 1 aromatic rings. The molecule has 41 heavy (non-hydrogen) atoms. The Morgan fingerprint density at radius 3 is 2.27 bits per heavy atom. The molecule has 0 heterocycles. The minimum atomic E-state index is -0.356. The fourth-order valence-electron chi connectivity index (χ4n) is 12.8. The van der Waals surface area contributed by atoms with Crippen LogP contribution in [-0.4, -0.2) is 19.2 Å². The van der Waals surface area contributed by atoms with E-state index in [4.69, 9.17) is 9.47 Å². The summed E-state index contributed by atoms with van der Waals surface area (Å²) in [6.07, 6.45) is 12.1. The van der Waals surface area contributed by atoms with Gasteiger partial charge in [0.05, 0.1) is 11.5 Å². The highest BCUT2D eigenvalue weighted by Crippen LogP contribution is 2.77. The summed E-state index contributed by atoms with van der Waals surface area (Å²) < 4.78 is 12.3. The van der Waals surface area contributed by atoms with Crippen molar-refractivity contribution in [1.82, 2.24) is 0 Å². The number of hydrogen-bond acceptors (Lipinski definition) is 3. The fraction of sp³-hybridized carbons (Fsp3) is 0.763. The average Bonchev–Trinajstić information content (AvgIpc) is 3.34. The molecule has 0 aromatic heterocycles. The van der Waals surface area contributed by atoms with Gasteiger partial charge in [-0.1, -0.05) is 77.1 Å². The number of hydrogen-bond donors (Lipinski definition) is 0. The summed E-state index contributed by atoms with van der Waals surface area (Å²) in [5, 5.41) is 0. The van der Waals surface area contributed by atoms with E-state index in [1.165, 1.54) is 44.1 Å². The SMILES string of the molecule is C=C(C)[C@@H]1CC[C@]2(C(=O)OCc3ccccc3)CC[C@]3(C)[C@H](CC[C@@H]4[C@@]5(C)CC[C@H](OC)C(C)(C)[C@@H]5CC[C@]43C)[C@@H]12. The molecule has 3 heteroatoms. The van der Waals surface area contributed by atoms with Crippen LogP contribution in [0.15, 0.2) is 42.5 Å². The van der Waals surface area contributed by atoms with Crippen molar-refractivity contribution in [3.63, 3.8) is 0 Å². The number of allylic oxidation sites excluding steroid dienone is 1. The van der Waals surface area contributed by atoms with Gasteiger partial charge in [0.1, 0.15) is 6.61 Å². The standard InChI is InChI=1S/C38H56O3/c1-25(2)27-16-21-38(33(39)41-24-26-12-10-9-11-13-26)23-22-36(6)28(32(27)38)14-15-30-35(5)19-18-31(40-8)34(3,4)29(35)17-20-37(30,36)7/h9-13,27-32H,1,14-24H2,2-8H3/t27-,28+,29-,30+,31-,32+,35-,36+,37+,38-/m0/s1. The van der Waals surface area contributed by atoms with Gasteiger partial charge in [0, 0.05) is 7.11 Å². The van der Waals surface area contributed by atoms with Crippen LogP contribution < -0.4 is 0 Å². The maximum Gasteiger partial charge on any atom is 0.312 e. The number of rotatable bonds is 5. The highest BCUT2D eigenvalue weighted by atomic mass is 16.5. The quantitative estimate of drug-likeness (QED) is 0.266. The highest BCUT2D eigenvalue weighted by molar-refractivity contribution is 5.78. The first-order valence-corrected chi connectivity index (χ1v) is 16.7. The third-order valence-corrected chi connectivity index (χ3v) is 14.9. The molecule has 0 bridgehead atoms. The molecule has 1 aromatic carbocycles. The van der Waals surface area contributed by atoms with Crippen molar-refractivity contribution in [3.05, 3.63) is 48.0 Å². The van der Waals surface area contributed by atoms with Gasteiger partial charge in [0.25, 0.3) is 0 Å². The number of methoxy groups -OCH3 is 1. The Morgan fingerprint density at radius 2 is 1.59 bits per heavy atom. The number of carbonyl (C=O) groups excluding carboxylic acids is 1. The largest absolute Gasteiger partial charge is 0.460 e. The van der Waals surface area contributed by atoms with E-state index in [2.05, 4.69) is 60.3 Å². The van der Waals surface area contributed by atoms with Crippen LogP contribution >= 0.6 is 0 Å². The van der Waals surface area contributed by atoms with E-state index in [1.54, 1.807) is 0 Å². The Morgan fingerprint density at radius 1 is 0.854 bits per heavy atom. The molecule has 0 saturated heterocycles. The summed E-state index contributed by atoms with van der Waals surface area (Å²) in [4.78, 5) is 14.2. The summed E-state index contributed by atoms with van der Waals surface area (Å²) in [6, 6.07) is 10.2. The van der Waals surface area contributed by atoms with Gasteiger partial charge < -0.3 is 9.47 Å². The zero-order chi connectivity index (χ0) is 29.4. The number of esters is 1. The van der Waals surface area contributed by atoms with Crippen LogP contribution in [0.1, 0.15) is 111 Å². The molecule has 0 unspecified atom stereocenters. The van der Waals surface area contributed by atoms with Crippen molar-refractivity contribution < 1.29 is 14.3 Å². The summed E-state index contributed by atoms with van der Waals surface area (Å²) in [5.41, 5.74) is 3.09. The molecule has 5 fully saturated rings. The van der Waals surface area contributed by atoms with E-state index in [9.17, 15) is 4.79 Å². The Kier molecular flexibility index (Phi) is 7.16. The van der Waals surface area contributed by atoms with Gasteiger partial charge in [0.2, 0.25) is 0 Å². The molecule has 10 atom stereocenters. The molecule has 0 spiro atoms. The number of benzene rings is 1. The minimum absolute atomic E-state index is 0.0692. The molecular formula is C38H56O3. The molecule has 0 N–H and O–H groups in total. The zero-order valence-corrected chi connectivity index (χ0v) is 27.1. The second kappa shape index (κ2) is 9.96. The molecule has 3 nitrogen and oxygen atoms in total. The summed E-state index contributed by atoms with van der Waals surface area (Å²) in [5.74, 6) is 2.83. The molecule has 5 aliphatic carbocycles. The maximum absolute atomic E-state index is 14.2. The van der Waals surface area contributed by atoms with Crippen molar-refractivity contribution in [3.8, 4) is 0 Å². The smallest absolute Gasteiger partial charge is 0.312 e. The zero-order valence-electron chi connectivity index (χ0n) is 27.1. The lowest BCUT2D eigenvalue weighted by atomic mass is 9.32. The molecule has 5 aliphatic rings. The Balaban J connectivity index is 1.33. The van der Waals surface area contributed by atoms with Crippen molar-refractivity contribution in [2.24, 2.45) is 56.7 Å². The first-order valence-electron chi connectivity index (χ1n) is 16.7.